The Morgan fingerprint density at radius 3 is 2.00 bits per heavy atom. The van der Waals surface area contributed by atoms with Gasteiger partial charge in [0.2, 0.25) is 16.6 Å². The van der Waals surface area contributed by atoms with E-state index in [4.69, 9.17) is 0 Å². The zero-order valence-electron chi connectivity index (χ0n) is 15.4. The Labute approximate surface area is 153 Å². The van der Waals surface area contributed by atoms with E-state index < -0.39 is 10.4 Å². The van der Waals surface area contributed by atoms with Crippen molar-refractivity contribution in [2.24, 2.45) is 0 Å². The summed E-state index contributed by atoms with van der Waals surface area (Å²) >= 11 is 0. The molecule has 1 radical (unpaired) electrons. The average molecular weight is 371 g/mol. The first-order valence-corrected chi connectivity index (χ1v) is 10.5. The smallest absolute Gasteiger partial charge is 0.276 e. The van der Waals surface area contributed by atoms with E-state index in [0.717, 1.165) is 18.5 Å². The standard InChI is InChI=1S/C12H26O4S.C7H7N/c1-2-3-4-5-6-7-8-9-10-11-12-16-17(13,14)15;1-2-7-5-3-4-6-8-7/h2-12H2,1H3,(H,13,14,15);2-6H,1H2/q;+1/p-1. The van der Waals surface area contributed by atoms with Crippen molar-refractivity contribution >= 4 is 16.6 Å². The first-order valence-electron chi connectivity index (χ1n) is 9.13. The molecule has 0 unspecified atom stereocenters. The highest BCUT2D eigenvalue weighted by molar-refractivity contribution is 7.80. The summed E-state index contributed by atoms with van der Waals surface area (Å²) in [4.78, 5) is 3.98. The van der Waals surface area contributed by atoms with Gasteiger partial charge in [0.1, 0.15) is 0 Å². The van der Waals surface area contributed by atoms with Crippen LogP contribution >= 0.6 is 0 Å². The van der Waals surface area contributed by atoms with Crippen molar-refractivity contribution in [1.29, 1.82) is 0 Å². The van der Waals surface area contributed by atoms with Gasteiger partial charge in [0.25, 0.3) is 5.70 Å². The summed E-state index contributed by atoms with van der Waals surface area (Å²) in [6.45, 7) is 5.81. The molecule has 0 saturated heterocycles. The Balaban J connectivity index is 0.000000593. The molecule has 0 aromatic rings. The van der Waals surface area contributed by atoms with Gasteiger partial charge in [0, 0.05) is 18.2 Å². The predicted molar refractivity (Wildman–Crippen MR) is 103 cm³/mol. The fourth-order valence-electron chi connectivity index (χ4n) is 2.25. The van der Waals surface area contributed by atoms with Crippen molar-refractivity contribution < 1.29 is 17.2 Å². The van der Waals surface area contributed by atoms with Crippen molar-refractivity contribution in [2.75, 3.05) is 6.61 Å². The first-order chi connectivity index (χ1) is 12.0. The lowest BCUT2D eigenvalue weighted by molar-refractivity contribution is 0.255. The Morgan fingerprint density at radius 1 is 1.04 bits per heavy atom. The van der Waals surface area contributed by atoms with E-state index in [0.29, 0.717) is 6.42 Å². The summed E-state index contributed by atoms with van der Waals surface area (Å²) in [5, 5.41) is 0. The highest BCUT2D eigenvalue weighted by Gasteiger charge is 1.99. The lowest BCUT2D eigenvalue weighted by Crippen LogP contribution is -2.05. The second-order valence-electron chi connectivity index (χ2n) is 5.87. The second-order valence-corrected chi connectivity index (χ2v) is 6.92. The molecule has 0 N–H and O–H groups in total. The van der Waals surface area contributed by atoms with Gasteiger partial charge in [0.05, 0.1) is 11.6 Å². The minimum Gasteiger partial charge on any atom is -0.726 e. The quantitative estimate of drug-likeness (QED) is 0.273. The lowest BCUT2D eigenvalue weighted by Gasteiger charge is -2.06. The molecule has 143 valence electrons. The Morgan fingerprint density at radius 2 is 1.60 bits per heavy atom. The number of unbranched alkanes of at least 4 members (excludes halogenated alkanes) is 9. The third kappa shape index (κ3) is 18.9. The van der Waals surface area contributed by atoms with E-state index in [1.165, 1.54) is 44.9 Å². The molecule has 25 heavy (non-hydrogen) atoms. The third-order valence-corrected chi connectivity index (χ3v) is 4.08. The molecule has 1 aliphatic rings. The van der Waals surface area contributed by atoms with Crippen molar-refractivity contribution in [3.05, 3.63) is 36.6 Å². The molecule has 0 aromatic heterocycles. The van der Waals surface area contributed by atoms with Crippen LogP contribution in [0.1, 0.15) is 71.1 Å². The minimum atomic E-state index is -4.48. The number of allylic oxidation sites excluding steroid dienone is 4. The largest absolute Gasteiger partial charge is 0.726 e. The zero-order valence-corrected chi connectivity index (χ0v) is 16.2. The SMILES string of the molecule is C=CC1=CC=CC=[N+]1.CCCCCCCCCCCCOS(=O)(=O)[O-]. The maximum Gasteiger partial charge on any atom is 0.276 e. The highest BCUT2D eigenvalue weighted by Crippen LogP contribution is 2.10. The van der Waals surface area contributed by atoms with Gasteiger partial charge in [0.15, 0.2) is 0 Å². The summed E-state index contributed by atoms with van der Waals surface area (Å²) in [5.41, 5.74) is 0.924. The number of hydrogen-bond acceptors (Lipinski definition) is 5. The summed E-state index contributed by atoms with van der Waals surface area (Å²) in [7, 11) is -4.48. The molecule has 1 heterocycles. The molecule has 0 fully saturated rings. The maximum atomic E-state index is 10.1. The zero-order chi connectivity index (χ0) is 18.8. The van der Waals surface area contributed by atoms with Gasteiger partial charge in [-0.05, 0) is 12.5 Å². The molecule has 6 heteroatoms. The van der Waals surface area contributed by atoms with E-state index in [1.807, 2.05) is 18.2 Å². The van der Waals surface area contributed by atoms with Crippen LogP contribution in [0.3, 0.4) is 0 Å². The molecule has 1 rings (SSSR count). The van der Waals surface area contributed by atoms with Crippen LogP contribution in [0.4, 0.5) is 0 Å². The van der Waals surface area contributed by atoms with Gasteiger partial charge in [-0.15, -0.1) is 0 Å². The highest BCUT2D eigenvalue weighted by atomic mass is 32.3. The molecule has 0 saturated carbocycles. The fraction of sp³-hybridized carbons (Fsp3) is 0.632. The van der Waals surface area contributed by atoms with E-state index in [-0.39, 0.29) is 6.61 Å². The van der Waals surface area contributed by atoms with E-state index in [1.54, 1.807) is 12.3 Å². The van der Waals surface area contributed by atoms with Gasteiger partial charge in [-0.2, -0.15) is 0 Å². The van der Waals surface area contributed by atoms with Crippen LogP contribution in [0.5, 0.6) is 0 Å². The molecule has 5 nitrogen and oxygen atoms in total. The number of hydrogen-bond donors (Lipinski definition) is 0. The normalized spacial score (nSPS) is 13.1. The number of rotatable bonds is 13. The minimum absolute atomic E-state index is 0.0301. The van der Waals surface area contributed by atoms with E-state index in [9.17, 15) is 13.0 Å². The summed E-state index contributed by atoms with van der Waals surface area (Å²) in [6, 6.07) is 0. The molecule has 0 aliphatic carbocycles. The van der Waals surface area contributed by atoms with Crippen LogP contribution < -0.4 is 4.99 Å². The van der Waals surface area contributed by atoms with Crippen LogP contribution in [0.2, 0.25) is 0 Å². The molecule has 0 amide bonds. The van der Waals surface area contributed by atoms with Gasteiger partial charge in [-0.25, -0.2) is 8.42 Å². The maximum absolute atomic E-state index is 10.1. The van der Waals surface area contributed by atoms with E-state index in [2.05, 4.69) is 22.7 Å². The van der Waals surface area contributed by atoms with Crippen LogP contribution in [-0.4, -0.2) is 25.8 Å². The molecule has 0 atom stereocenters. The summed E-state index contributed by atoms with van der Waals surface area (Å²) in [5.74, 6) is 0. The topological polar surface area (TPSA) is 80.5 Å². The molecule has 0 aromatic carbocycles. The molecular formula is C19H32NO4S. The van der Waals surface area contributed by atoms with Crippen molar-refractivity contribution in [3.63, 3.8) is 0 Å². The van der Waals surface area contributed by atoms with Crippen LogP contribution in [0.15, 0.2) is 36.6 Å². The molecule has 0 spiro atoms. The van der Waals surface area contributed by atoms with E-state index >= 15 is 0 Å². The molecule has 0 bridgehead atoms. The van der Waals surface area contributed by atoms with Gasteiger partial charge in [-0.1, -0.05) is 71.3 Å². The van der Waals surface area contributed by atoms with Gasteiger partial charge >= 0.3 is 0 Å². The van der Waals surface area contributed by atoms with Crippen molar-refractivity contribution in [2.45, 2.75) is 71.1 Å². The Bertz CT molecular complexity index is 522. The number of nitrogens with zero attached hydrogens (tertiary/aromatic N) is 1. The molecule has 1 aliphatic heterocycles. The summed E-state index contributed by atoms with van der Waals surface area (Å²) < 4.78 is 34.5. The van der Waals surface area contributed by atoms with Crippen LogP contribution in [0, 0.1) is 0 Å². The van der Waals surface area contributed by atoms with Crippen molar-refractivity contribution in [1.82, 2.24) is 4.99 Å². The van der Waals surface area contributed by atoms with Gasteiger partial charge < -0.3 is 4.55 Å². The predicted octanol–water partition coefficient (Wildman–Crippen LogP) is 4.42. The monoisotopic (exact) mass is 370 g/mol. The molecular weight excluding hydrogens is 338 g/mol. The Kier molecular flexibility index (Phi) is 15.4. The second kappa shape index (κ2) is 16.2. The average Bonchev–Trinajstić information content (AvgIpc) is 2.60. The third-order valence-electron chi connectivity index (χ3n) is 3.62. The summed E-state index contributed by atoms with van der Waals surface area (Å²) in [6.07, 6.45) is 20.9. The lowest BCUT2D eigenvalue weighted by atomic mass is 10.1. The first kappa shape index (κ1) is 23.8. The van der Waals surface area contributed by atoms with Gasteiger partial charge in [-0.3, -0.25) is 4.18 Å². The van der Waals surface area contributed by atoms with Crippen molar-refractivity contribution in [3.8, 4) is 0 Å². The van der Waals surface area contributed by atoms with Crippen LogP contribution in [0.25, 0.3) is 0 Å². The number of aliphatic imine (C=N–C) groups is 1. The van der Waals surface area contributed by atoms with Crippen LogP contribution in [-0.2, 0) is 14.6 Å². The fourth-order valence-corrected chi connectivity index (χ4v) is 2.57. The Hall–Kier alpha value is -1.24.